The molecule has 1 aromatic rings. The molecule has 1 aromatic carbocycles. The number of rotatable bonds is 7. The largest absolute Gasteiger partial charge is 0.372 e. The van der Waals surface area contributed by atoms with Gasteiger partial charge in [0, 0.05) is 17.6 Å². The van der Waals surface area contributed by atoms with Crippen molar-refractivity contribution in [2.75, 3.05) is 19.7 Å². The van der Waals surface area contributed by atoms with Crippen LogP contribution in [0.1, 0.15) is 32.4 Å². The Labute approximate surface area is 113 Å². The Morgan fingerprint density at radius 2 is 2.12 bits per heavy atom. The van der Waals surface area contributed by atoms with Crippen molar-refractivity contribution in [3.63, 3.8) is 0 Å². The van der Waals surface area contributed by atoms with E-state index in [0.717, 1.165) is 24.2 Å². The van der Waals surface area contributed by atoms with Crippen LogP contribution in [0.3, 0.4) is 0 Å². The summed E-state index contributed by atoms with van der Waals surface area (Å²) in [5.74, 6) is 0.561. The molecule has 0 aliphatic heterocycles. The van der Waals surface area contributed by atoms with Crippen LogP contribution in [0.2, 0.25) is 0 Å². The molecule has 0 amide bonds. The number of hydrogen-bond donors (Lipinski definition) is 1. The first-order chi connectivity index (χ1) is 8.13. The third-order valence-electron chi connectivity index (χ3n) is 2.43. The predicted octanol–water partition coefficient (Wildman–Crippen LogP) is 3.77. The highest BCUT2D eigenvalue weighted by Crippen LogP contribution is 2.21. The number of nitrogens with one attached hydrogen (secondary N) is 1. The van der Waals surface area contributed by atoms with Gasteiger partial charge in [-0.15, -0.1) is 0 Å². The molecule has 0 spiro atoms. The Kier molecular flexibility index (Phi) is 6.78. The summed E-state index contributed by atoms with van der Waals surface area (Å²) in [6.07, 6.45) is 0.134. The Hall–Kier alpha value is -0.380. The van der Waals surface area contributed by atoms with Crippen molar-refractivity contribution in [3.8, 4) is 0 Å². The van der Waals surface area contributed by atoms with Gasteiger partial charge in [-0.05, 0) is 30.2 Å². The SMILES string of the molecule is CCNCC(OCC(C)C)c1cccc(Br)c1. The Balaban J connectivity index is 2.67. The molecule has 1 N–H and O–H groups in total. The van der Waals surface area contributed by atoms with Gasteiger partial charge in [0.25, 0.3) is 0 Å². The zero-order chi connectivity index (χ0) is 12.7. The van der Waals surface area contributed by atoms with Crippen molar-refractivity contribution in [2.24, 2.45) is 5.92 Å². The molecule has 0 aliphatic carbocycles. The van der Waals surface area contributed by atoms with Gasteiger partial charge < -0.3 is 10.1 Å². The second kappa shape index (κ2) is 7.85. The van der Waals surface area contributed by atoms with Crippen molar-refractivity contribution in [1.29, 1.82) is 0 Å². The zero-order valence-corrected chi connectivity index (χ0v) is 12.5. The molecular weight excluding hydrogens is 278 g/mol. The monoisotopic (exact) mass is 299 g/mol. The minimum absolute atomic E-state index is 0.134. The van der Waals surface area contributed by atoms with E-state index >= 15 is 0 Å². The molecule has 0 radical (unpaired) electrons. The Morgan fingerprint density at radius 1 is 1.35 bits per heavy atom. The van der Waals surface area contributed by atoms with E-state index in [2.05, 4.69) is 60.2 Å². The molecule has 0 aromatic heterocycles. The first-order valence-electron chi connectivity index (χ1n) is 6.21. The zero-order valence-electron chi connectivity index (χ0n) is 10.9. The topological polar surface area (TPSA) is 21.3 Å². The lowest BCUT2D eigenvalue weighted by atomic mass is 10.1. The van der Waals surface area contributed by atoms with E-state index in [-0.39, 0.29) is 6.10 Å². The van der Waals surface area contributed by atoms with Crippen LogP contribution in [-0.2, 0) is 4.74 Å². The van der Waals surface area contributed by atoms with Crippen LogP contribution in [0.25, 0.3) is 0 Å². The Bertz CT molecular complexity index is 328. The van der Waals surface area contributed by atoms with E-state index < -0.39 is 0 Å². The van der Waals surface area contributed by atoms with Gasteiger partial charge >= 0.3 is 0 Å². The molecule has 1 rings (SSSR count). The predicted molar refractivity (Wildman–Crippen MR) is 76.2 cm³/mol. The van der Waals surface area contributed by atoms with Crippen molar-refractivity contribution >= 4 is 15.9 Å². The summed E-state index contributed by atoms with van der Waals surface area (Å²) in [5.41, 5.74) is 1.22. The first kappa shape index (κ1) is 14.7. The quantitative estimate of drug-likeness (QED) is 0.827. The third-order valence-corrected chi connectivity index (χ3v) is 2.92. The van der Waals surface area contributed by atoms with Gasteiger partial charge in [-0.3, -0.25) is 0 Å². The maximum absolute atomic E-state index is 5.96. The molecular formula is C14H22BrNO. The number of benzene rings is 1. The second-order valence-corrected chi connectivity index (χ2v) is 5.49. The van der Waals surface area contributed by atoms with E-state index in [1.54, 1.807) is 0 Å². The lowest BCUT2D eigenvalue weighted by Crippen LogP contribution is -2.24. The van der Waals surface area contributed by atoms with Gasteiger partial charge in [-0.25, -0.2) is 0 Å². The third kappa shape index (κ3) is 5.66. The van der Waals surface area contributed by atoms with Gasteiger partial charge in [0.1, 0.15) is 0 Å². The van der Waals surface area contributed by atoms with E-state index in [1.807, 2.05) is 6.07 Å². The van der Waals surface area contributed by atoms with Crippen molar-refractivity contribution in [1.82, 2.24) is 5.32 Å². The number of hydrogen-bond acceptors (Lipinski definition) is 2. The van der Waals surface area contributed by atoms with Crippen LogP contribution in [0, 0.1) is 5.92 Å². The number of ether oxygens (including phenoxy) is 1. The van der Waals surface area contributed by atoms with Crippen molar-refractivity contribution in [3.05, 3.63) is 34.3 Å². The average Bonchev–Trinajstić information content (AvgIpc) is 2.29. The highest BCUT2D eigenvalue weighted by molar-refractivity contribution is 9.10. The molecule has 0 heterocycles. The van der Waals surface area contributed by atoms with Gasteiger partial charge in [-0.1, -0.05) is 48.8 Å². The summed E-state index contributed by atoms with van der Waals surface area (Å²) < 4.78 is 7.06. The molecule has 2 nitrogen and oxygen atoms in total. The summed E-state index contributed by atoms with van der Waals surface area (Å²) in [4.78, 5) is 0. The minimum Gasteiger partial charge on any atom is -0.372 e. The van der Waals surface area contributed by atoms with Crippen LogP contribution in [0.15, 0.2) is 28.7 Å². The highest BCUT2D eigenvalue weighted by atomic mass is 79.9. The molecule has 0 saturated heterocycles. The molecule has 1 unspecified atom stereocenters. The summed E-state index contributed by atoms with van der Waals surface area (Å²) in [6.45, 7) is 9.08. The van der Waals surface area contributed by atoms with Crippen LogP contribution >= 0.6 is 15.9 Å². The maximum atomic E-state index is 5.96. The van der Waals surface area contributed by atoms with Crippen molar-refractivity contribution in [2.45, 2.75) is 26.9 Å². The van der Waals surface area contributed by atoms with Crippen LogP contribution in [-0.4, -0.2) is 19.7 Å². The number of likely N-dealkylation sites (N-methyl/N-ethyl adjacent to an activating group) is 1. The molecule has 0 fully saturated rings. The molecule has 0 saturated carbocycles. The highest BCUT2D eigenvalue weighted by Gasteiger charge is 2.12. The van der Waals surface area contributed by atoms with Crippen LogP contribution in [0.4, 0.5) is 0 Å². The Morgan fingerprint density at radius 3 is 2.71 bits per heavy atom. The van der Waals surface area contributed by atoms with E-state index in [4.69, 9.17) is 4.74 Å². The first-order valence-corrected chi connectivity index (χ1v) is 7.00. The van der Waals surface area contributed by atoms with Crippen LogP contribution < -0.4 is 5.32 Å². The smallest absolute Gasteiger partial charge is 0.0949 e. The van der Waals surface area contributed by atoms with Gasteiger partial charge in [0.15, 0.2) is 0 Å². The van der Waals surface area contributed by atoms with Gasteiger partial charge in [-0.2, -0.15) is 0 Å². The standard InChI is InChI=1S/C14H22BrNO/c1-4-16-9-14(17-10-11(2)3)12-6-5-7-13(15)8-12/h5-8,11,14,16H,4,9-10H2,1-3H3. The lowest BCUT2D eigenvalue weighted by molar-refractivity contribution is 0.0354. The van der Waals surface area contributed by atoms with Gasteiger partial charge in [0.2, 0.25) is 0 Å². The normalized spacial score (nSPS) is 13.0. The molecule has 0 bridgehead atoms. The van der Waals surface area contributed by atoms with Gasteiger partial charge in [0.05, 0.1) is 6.10 Å². The maximum Gasteiger partial charge on any atom is 0.0949 e. The fourth-order valence-electron chi connectivity index (χ4n) is 1.56. The fraction of sp³-hybridized carbons (Fsp3) is 0.571. The summed E-state index contributed by atoms with van der Waals surface area (Å²) in [6, 6.07) is 8.34. The van der Waals surface area contributed by atoms with Crippen LogP contribution in [0.5, 0.6) is 0 Å². The average molecular weight is 300 g/mol. The summed E-state index contributed by atoms with van der Waals surface area (Å²) >= 11 is 3.50. The fourth-order valence-corrected chi connectivity index (χ4v) is 1.98. The summed E-state index contributed by atoms with van der Waals surface area (Å²) in [7, 11) is 0. The molecule has 96 valence electrons. The minimum atomic E-state index is 0.134. The number of halogens is 1. The van der Waals surface area contributed by atoms with Crippen molar-refractivity contribution < 1.29 is 4.74 Å². The summed E-state index contributed by atoms with van der Waals surface area (Å²) in [5, 5.41) is 3.35. The van der Waals surface area contributed by atoms with E-state index in [0.29, 0.717) is 5.92 Å². The molecule has 0 aliphatic rings. The van der Waals surface area contributed by atoms with E-state index in [1.165, 1.54) is 5.56 Å². The molecule has 3 heteroatoms. The molecule has 17 heavy (non-hydrogen) atoms. The second-order valence-electron chi connectivity index (χ2n) is 4.58. The lowest BCUT2D eigenvalue weighted by Gasteiger charge is -2.20. The van der Waals surface area contributed by atoms with E-state index in [9.17, 15) is 0 Å². The molecule has 1 atom stereocenters.